The normalized spacial score (nSPS) is 10.9. The zero-order valence-electron chi connectivity index (χ0n) is 13.7. The Morgan fingerprint density at radius 3 is 2.88 bits per heavy atom. The quantitative estimate of drug-likeness (QED) is 0.452. The second-order valence-corrected chi connectivity index (χ2v) is 6.42. The monoisotopic (exact) mass is 379 g/mol. The number of rotatable bonds is 6. The highest BCUT2D eigenvalue weighted by molar-refractivity contribution is 7.23. The van der Waals surface area contributed by atoms with Gasteiger partial charge in [-0.05, 0) is 30.7 Å². The summed E-state index contributed by atoms with van der Waals surface area (Å²) >= 11 is 1.09. The van der Waals surface area contributed by atoms with Gasteiger partial charge in [0.15, 0.2) is 0 Å². The molecule has 0 saturated carbocycles. The minimum Gasteiger partial charge on any atom is -0.394 e. The minimum atomic E-state index is -0.660. The fourth-order valence-electron chi connectivity index (χ4n) is 2.33. The predicted molar refractivity (Wildman–Crippen MR) is 94.5 cm³/mol. The molecule has 3 aromatic rings. The smallest absolute Gasteiger partial charge is 0.278 e. The number of anilines is 2. The first-order valence-corrected chi connectivity index (χ1v) is 8.45. The lowest BCUT2D eigenvalue weighted by atomic mass is 10.2. The molecule has 0 atom stereocenters. The number of benzene rings is 1. The molecule has 26 heavy (non-hydrogen) atoms. The Morgan fingerprint density at radius 1 is 1.35 bits per heavy atom. The van der Waals surface area contributed by atoms with Crippen LogP contribution >= 0.6 is 11.3 Å². The summed E-state index contributed by atoms with van der Waals surface area (Å²) in [4.78, 5) is 21.7. The van der Waals surface area contributed by atoms with Gasteiger partial charge in [0.1, 0.15) is 21.5 Å². The lowest BCUT2D eigenvalue weighted by Crippen LogP contribution is -2.25. The standard InChI is InChI=1S/C17H15F2N3O3S/c1-9-2-3-13(12(19)6-9)21-17-14(15(24)22-25-5-4-23)11-7-10(18)8-20-16(11)26-17/h2-3,6-8,21,23H,4-5H2,1H3,(H,22,24). The largest absolute Gasteiger partial charge is 0.394 e. The molecule has 0 spiro atoms. The first-order chi connectivity index (χ1) is 12.5. The van der Waals surface area contributed by atoms with Crippen molar-refractivity contribution in [3.63, 3.8) is 0 Å². The number of fused-ring (bicyclic) bond motifs is 1. The van der Waals surface area contributed by atoms with Crippen LogP contribution in [-0.4, -0.2) is 29.2 Å². The Morgan fingerprint density at radius 2 is 2.15 bits per heavy atom. The number of hydroxylamine groups is 1. The van der Waals surface area contributed by atoms with Crippen LogP contribution < -0.4 is 10.8 Å². The van der Waals surface area contributed by atoms with Crippen LogP contribution in [0.4, 0.5) is 19.5 Å². The third-order valence-corrected chi connectivity index (χ3v) is 4.50. The van der Waals surface area contributed by atoms with Crippen LogP contribution in [0.25, 0.3) is 10.2 Å². The molecule has 136 valence electrons. The van der Waals surface area contributed by atoms with Gasteiger partial charge in [0.05, 0.1) is 30.7 Å². The van der Waals surface area contributed by atoms with E-state index < -0.39 is 17.5 Å². The Kier molecular flexibility index (Phi) is 5.40. The van der Waals surface area contributed by atoms with E-state index in [1.807, 2.05) is 0 Å². The summed E-state index contributed by atoms with van der Waals surface area (Å²) in [6.07, 6.45) is 1.04. The van der Waals surface area contributed by atoms with E-state index in [0.717, 1.165) is 23.1 Å². The Hall–Kier alpha value is -2.62. The summed E-state index contributed by atoms with van der Waals surface area (Å²) in [6, 6.07) is 5.81. The van der Waals surface area contributed by atoms with Crippen molar-refractivity contribution in [1.82, 2.24) is 10.5 Å². The van der Waals surface area contributed by atoms with Crippen LogP contribution in [-0.2, 0) is 4.84 Å². The average molecular weight is 379 g/mol. The fraction of sp³-hybridized carbons (Fsp3) is 0.176. The minimum absolute atomic E-state index is 0.0786. The highest BCUT2D eigenvalue weighted by Crippen LogP contribution is 2.37. The molecule has 1 aromatic carbocycles. The molecule has 1 amide bonds. The van der Waals surface area contributed by atoms with Gasteiger partial charge in [-0.15, -0.1) is 0 Å². The van der Waals surface area contributed by atoms with Crippen molar-refractivity contribution < 1.29 is 23.5 Å². The van der Waals surface area contributed by atoms with E-state index in [1.165, 1.54) is 12.1 Å². The van der Waals surface area contributed by atoms with Gasteiger partial charge < -0.3 is 10.4 Å². The zero-order valence-corrected chi connectivity index (χ0v) is 14.5. The maximum absolute atomic E-state index is 14.2. The number of aliphatic hydroxyl groups excluding tert-OH is 1. The number of nitrogens with one attached hydrogen (secondary N) is 2. The van der Waals surface area contributed by atoms with E-state index >= 15 is 0 Å². The second-order valence-electron chi connectivity index (χ2n) is 5.42. The molecule has 0 saturated heterocycles. The maximum atomic E-state index is 14.2. The van der Waals surface area contributed by atoms with E-state index in [9.17, 15) is 13.6 Å². The van der Waals surface area contributed by atoms with Crippen molar-refractivity contribution in [2.24, 2.45) is 0 Å². The van der Waals surface area contributed by atoms with Gasteiger partial charge in [0.2, 0.25) is 0 Å². The number of halogens is 2. The summed E-state index contributed by atoms with van der Waals surface area (Å²) < 4.78 is 27.7. The number of aliphatic hydroxyl groups is 1. The summed E-state index contributed by atoms with van der Waals surface area (Å²) in [5, 5.41) is 12.2. The molecule has 3 rings (SSSR count). The van der Waals surface area contributed by atoms with E-state index in [4.69, 9.17) is 9.94 Å². The molecule has 9 heteroatoms. The molecule has 0 aliphatic heterocycles. The molecule has 0 aliphatic rings. The Balaban J connectivity index is 2.03. The molecule has 6 nitrogen and oxygen atoms in total. The number of hydrogen-bond donors (Lipinski definition) is 3. The number of thiophene rings is 1. The molecule has 0 unspecified atom stereocenters. The van der Waals surface area contributed by atoms with Gasteiger partial charge >= 0.3 is 0 Å². The molecular weight excluding hydrogens is 364 g/mol. The summed E-state index contributed by atoms with van der Waals surface area (Å²) in [6.45, 7) is 1.38. The van der Waals surface area contributed by atoms with Crippen LogP contribution in [0, 0.1) is 18.6 Å². The number of pyridine rings is 1. The molecule has 2 heterocycles. The summed E-state index contributed by atoms with van der Waals surface area (Å²) in [5.74, 6) is -1.75. The van der Waals surface area contributed by atoms with Crippen LogP contribution in [0.3, 0.4) is 0 Å². The highest BCUT2D eigenvalue weighted by atomic mass is 32.1. The number of aromatic nitrogens is 1. The van der Waals surface area contributed by atoms with Crippen LogP contribution in [0.2, 0.25) is 0 Å². The molecular formula is C17H15F2N3O3S. The number of carbonyl (C=O) groups is 1. The molecule has 2 aromatic heterocycles. The first-order valence-electron chi connectivity index (χ1n) is 7.64. The number of amides is 1. The van der Waals surface area contributed by atoms with Gasteiger partial charge in [0.25, 0.3) is 5.91 Å². The molecule has 0 aliphatic carbocycles. The Labute approximate surface area is 151 Å². The van der Waals surface area contributed by atoms with E-state index in [0.29, 0.717) is 9.83 Å². The van der Waals surface area contributed by atoms with Gasteiger partial charge in [-0.2, -0.15) is 0 Å². The molecule has 0 bridgehead atoms. The van der Waals surface area contributed by atoms with Crippen LogP contribution in [0.1, 0.15) is 15.9 Å². The van der Waals surface area contributed by atoms with Crippen LogP contribution in [0.15, 0.2) is 30.5 Å². The van der Waals surface area contributed by atoms with Gasteiger partial charge in [0, 0.05) is 5.39 Å². The molecule has 0 fully saturated rings. The lowest BCUT2D eigenvalue weighted by Gasteiger charge is -2.09. The Bertz CT molecular complexity index is 962. The van der Waals surface area contributed by atoms with Crippen molar-refractivity contribution in [2.45, 2.75) is 6.92 Å². The first kappa shape index (κ1) is 18.2. The number of nitrogens with zero attached hydrogens (tertiary/aromatic N) is 1. The number of hydrogen-bond acceptors (Lipinski definition) is 6. The molecule has 3 N–H and O–H groups in total. The van der Waals surface area contributed by atoms with Crippen molar-refractivity contribution >= 4 is 38.1 Å². The van der Waals surface area contributed by atoms with E-state index in [-0.39, 0.29) is 29.9 Å². The van der Waals surface area contributed by atoms with Gasteiger partial charge in [-0.1, -0.05) is 17.4 Å². The third-order valence-electron chi connectivity index (χ3n) is 3.47. The highest BCUT2D eigenvalue weighted by Gasteiger charge is 2.21. The predicted octanol–water partition coefficient (Wildman–Crippen LogP) is 3.28. The van der Waals surface area contributed by atoms with Crippen molar-refractivity contribution in [1.29, 1.82) is 0 Å². The van der Waals surface area contributed by atoms with Gasteiger partial charge in [-0.3, -0.25) is 9.63 Å². The number of carbonyl (C=O) groups excluding carboxylic acids is 1. The number of aryl methyl sites for hydroxylation is 1. The van der Waals surface area contributed by atoms with Crippen molar-refractivity contribution in [3.8, 4) is 0 Å². The van der Waals surface area contributed by atoms with Crippen molar-refractivity contribution in [3.05, 3.63) is 53.2 Å². The topological polar surface area (TPSA) is 83.5 Å². The third kappa shape index (κ3) is 3.79. The zero-order chi connectivity index (χ0) is 18.7. The fourth-order valence-corrected chi connectivity index (χ4v) is 3.36. The maximum Gasteiger partial charge on any atom is 0.278 e. The van der Waals surface area contributed by atoms with E-state index in [2.05, 4.69) is 15.8 Å². The second kappa shape index (κ2) is 7.73. The SMILES string of the molecule is Cc1ccc(Nc2sc3ncc(F)cc3c2C(=O)NOCCO)c(F)c1. The van der Waals surface area contributed by atoms with E-state index in [1.54, 1.807) is 19.1 Å². The average Bonchev–Trinajstić information content (AvgIpc) is 2.94. The van der Waals surface area contributed by atoms with Crippen LogP contribution in [0.5, 0.6) is 0 Å². The summed E-state index contributed by atoms with van der Waals surface area (Å²) in [7, 11) is 0. The molecule has 0 radical (unpaired) electrons. The van der Waals surface area contributed by atoms with Crippen molar-refractivity contribution in [2.75, 3.05) is 18.5 Å². The lowest BCUT2D eigenvalue weighted by molar-refractivity contribution is 0.0170. The summed E-state index contributed by atoms with van der Waals surface area (Å²) in [5.41, 5.74) is 3.18. The van der Waals surface area contributed by atoms with Gasteiger partial charge in [-0.25, -0.2) is 19.2 Å².